The lowest BCUT2D eigenvalue weighted by Gasteiger charge is -2.09. The molecule has 0 aliphatic carbocycles. The van der Waals surface area contributed by atoms with Gasteiger partial charge in [0.15, 0.2) is 0 Å². The molecule has 0 saturated carbocycles. The van der Waals surface area contributed by atoms with E-state index in [1.54, 1.807) is 0 Å². The fourth-order valence-corrected chi connectivity index (χ4v) is 1.58. The third kappa shape index (κ3) is 8.21. The van der Waals surface area contributed by atoms with E-state index in [1.165, 1.54) is 5.56 Å². The Morgan fingerprint density at radius 3 is 2.53 bits per heavy atom. The van der Waals surface area contributed by atoms with Crippen molar-refractivity contribution >= 4 is 6.03 Å². The van der Waals surface area contributed by atoms with Gasteiger partial charge in [0.05, 0.1) is 6.61 Å². The van der Waals surface area contributed by atoms with E-state index in [0.717, 1.165) is 13.0 Å². The normalized spacial score (nSPS) is 10.5. The van der Waals surface area contributed by atoms with E-state index in [4.69, 9.17) is 4.74 Å². The van der Waals surface area contributed by atoms with Gasteiger partial charge in [-0.2, -0.15) is 0 Å². The molecule has 0 saturated heterocycles. The molecule has 0 unspecified atom stereocenters. The molecular weight excluding hydrogens is 240 g/mol. The first-order valence-corrected chi connectivity index (χ1v) is 6.82. The monoisotopic (exact) mass is 264 g/mol. The van der Waals surface area contributed by atoms with Gasteiger partial charge in [0.1, 0.15) is 0 Å². The van der Waals surface area contributed by atoms with Crippen LogP contribution in [0.2, 0.25) is 0 Å². The maximum Gasteiger partial charge on any atom is 0.314 e. The Hall–Kier alpha value is -1.55. The molecule has 1 aromatic rings. The third-order valence-electron chi connectivity index (χ3n) is 2.53. The molecule has 0 fully saturated rings. The minimum Gasteiger partial charge on any atom is -0.379 e. The zero-order chi connectivity index (χ0) is 13.9. The summed E-state index contributed by atoms with van der Waals surface area (Å²) in [6, 6.07) is 9.96. The van der Waals surface area contributed by atoms with Gasteiger partial charge in [0, 0.05) is 19.7 Å². The third-order valence-corrected chi connectivity index (χ3v) is 2.53. The van der Waals surface area contributed by atoms with Gasteiger partial charge >= 0.3 is 6.03 Å². The highest BCUT2D eigenvalue weighted by Gasteiger charge is 1.99. The van der Waals surface area contributed by atoms with Crippen molar-refractivity contribution < 1.29 is 9.53 Å². The van der Waals surface area contributed by atoms with E-state index in [9.17, 15) is 4.79 Å². The van der Waals surface area contributed by atoms with Crippen LogP contribution >= 0.6 is 0 Å². The van der Waals surface area contributed by atoms with Crippen molar-refractivity contribution in [2.75, 3.05) is 26.3 Å². The van der Waals surface area contributed by atoms with Crippen LogP contribution in [0.15, 0.2) is 30.3 Å². The topological polar surface area (TPSA) is 50.4 Å². The van der Waals surface area contributed by atoms with Gasteiger partial charge in [-0.1, -0.05) is 44.2 Å². The summed E-state index contributed by atoms with van der Waals surface area (Å²) in [5, 5.41) is 5.59. The van der Waals surface area contributed by atoms with Crippen LogP contribution < -0.4 is 10.6 Å². The number of amides is 2. The van der Waals surface area contributed by atoms with Crippen LogP contribution in [0.1, 0.15) is 19.4 Å². The zero-order valence-electron chi connectivity index (χ0n) is 11.8. The van der Waals surface area contributed by atoms with Gasteiger partial charge < -0.3 is 15.4 Å². The first-order chi connectivity index (χ1) is 9.18. The molecular formula is C15H24N2O2. The largest absolute Gasteiger partial charge is 0.379 e. The molecule has 4 heteroatoms. The van der Waals surface area contributed by atoms with Gasteiger partial charge in [0.25, 0.3) is 0 Å². The summed E-state index contributed by atoms with van der Waals surface area (Å²) < 4.78 is 5.38. The Morgan fingerprint density at radius 2 is 1.84 bits per heavy atom. The fraction of sp³-hybridized carbons (Fsp3) is 0.533. The Labute approximate surface area is 115 Å². The van der Waals surface area contributed by atoms with Crippen molar-refractivity contribution in [1.29, 1.82) is 0 Å². The van der Waals surface area contributed by atoms with Crippen molar-refractivity contribution in [3.05, 3.63) is 35.9 Å². The molecule has 4 nitrogen and oxygen atoms in total. The minimum absolute atomic E-state index is 0.135. The number of urea groups is 1. The van der Waals surface area contributed by atoms with Gasteiger partial charge in [-0.15, -0.1) is 0 Å². The molecule has 0 bridgehead atoms. The van der Waals surface area contributed by atoms with Crippen LogP contribution in [-0.4, -0.2) is 32.3 Å². The van der Waals surface area contributed by atoms with Crippen LogP contribution in [0.5, 0.6) is 0 Å². The summed E-state index contributed by atoms with van der Waals surface area (Å²) in [7, 11) is 0. The quantitative estimate of drug-likeness (QED) is 0.707. The second kappa shape index (κ2) is 9.39. The van der Waals surface area contributed by atoms with Crippen molar-refractivity contribution in [2.45, 2.75) is 20.3 Å². The molecule has 0 aromatic heterocycles. The molecule has 0 radical (unpaired) electrons. The Morgan fingerprint density at radius 1 is 1.16 bits per heavy atom. The maximum absolute atomic E-state index is 11.5. The maximum atomic E-state index is 11.5. The van der Waals surface area contributed by atoms with E-state index < -0.39 is 0 Å². The lowest BCUT2D eigenvalue weighted by molar-refractivity contribution is 0.112. The Bertz CT molecular complexity index is 352. The molecule has 106 valence electrons. The van der Waals surface area contributed by atoms with Crippen LogP contribution in [0.4, 0.5) is 4.79 Å². The number of rotatable bonds is 8. The highest BCUT2D eigenvalue weighted by Crippen LogP contribution is 1.97. The van der Waals surface area contributed by atoms with Gasteiger partial charge in [-0.3, -0.25) is 0 Å². The first kappa shape index (κ1) is 15.5. The Balaban J connectivity index is 1.99. The molecule has 2 N–H and O–H groups in total. The molecule has 19 heavy (non-hydrogen) atoms. The zero-order valence-corrected chi connectivity index (χ0v) is 11.8. The SMILES string of the molecule is CC(C)COCCNC(=O)NCCc1ccccc1. The van der Waals surface area contributed by atoms with E-state index in [2.05, 4.69) is 36.6 Å². The van der Waals surface area contributed by atoms with Crippen LogP contribution in [0, 0.1) is 5.92 Å². The number of ether oxygens (including phenoxy) is 1. The molecule has 0 aliphatic heterocycles. The second-order valence-corrected chi connectivity index (χ2v) is 4.89. The summed E-state index contributed by atoms with van der Waals surface area (Å²) >= 11 is 0. The fourth-order valence-electron chi connectivity index (χ4n) is 1.58. The summed E-state index contributed by atoms with van der Waals surface area (Å²) in [5.74, 6) is 0.527. The molecule has 0 heterocycles. The number of benzene rings is 1. The van der Waals surface area contributed by atoms with Crippen LogP contribution in [0.3, 0.4) is 0 Å². The molecule has 0 aliphatic rings. The summed E-state index contributed by atoms with van der Waals surface area (Å²) in [4.78, 5) is 11.5. The smallest absolute Gasteiger partial charge is 0.314 e. The number of carbonyl (C=O) groups is 1. The summed E-state index contributed by atoms with van der Waals surface area (Å²) in [5.41, 5.74) is 1.23. The average Bonchev–Trinajstić information content (AvgIpc) is 2.39. The van der Waals surface area contributed by atoms with Crippen molar-refractivity contribution in [2.24, 2.45) is 5.92 Å². The second-order valence-electron chi connectivity index (χ2n) is 4.89. The first-order valence-electron chi connectivity index (χ1n) is 6.82. The van der Waals surface area contributed by atoms with E-state index in [0.29, 0.717) is 25.6 Å². The van der Waals surface area contributed by atoms with Gasteiger partial charge in [0.2, 0.25) is 0 Å². The van der Waals surface area contributed by atoms with Crippen LogP contribution in [-0.2, 0) is 11.2 Å². The number of hydrogen-bond donors (Lipinski definition) is 2. The molecule has 0 atom stereocenters. The number of carbonyl (C=O) groups excluding carboxylic acids is 1. The van der Waals surface area contributed by atoms with Crippen LogP contribution in [0.25, 0.3) is 0 Å². The molecule has 1 aromatic carbocycles. The highest BCUT2D eigenvalue weighted by molar-refractivity contribution is 5.73. The van der Waals surface area contributed by atoms with Crippen molar-refractivity contribution in [3.63, 3.8) is 0 Å². The average molecular weight is 264 g/mol. The minimum atomic E-state index is -0.135. The molecule has 2 amide bonds. The van der Waals surface area contributed by atoms with Gasteiger partial charge in [-0.05, 0) is 17.9 Å². The predicted octanol–water partition coefficient (Wildman–Crippen LogP) is 2.20. The lowest BCUT2D eigenvalue weighted by atomic mass is 10.1. The van der Waals surface area contributed by atoms with Crippen molar-refractivity contribution in [1.82, 2.24) is 10.6 Å². The van der Waals surface area contributed by atoms with Gasteiger partial charge in [-0.25, -0.2) is 4.79 Å². The molecule has 1 rings (SSSR count). The highest BCUT2D eigenvalue weighted by atomic mass is 16.5. The number of hydrogen-bond acceptors (Lipinski definition) is 2. The Kier molecular flexibility index (Phi) is 7.66. The molecule has 0 spiro atoms. The van der Waals surface area contributed by atoms with E-state index in [-0.39, 0.29) is 6.03 Å². The van der Waals surface area contributed by atoms with Crippen molar-refractivity contribution in [3.8, 4) is 0 Å². The lowest BCUT2D eigenvalue weighted by Crippen LogP contribution is -2.38. The number of nitrogens with one attached hydrogen (secondary N) is 2. The standard InChI is InChI=1S/C15H24N2O2/c1-13(2)12-19-11-10-17-15(18)16-9-8-14-6-4-3-5-7-14/h3-7,13H,8-12H2,1-2H3,(H2,16,17,18). The van der Waals surface area contributed by atoms with E-state index >= 15 is 0 Å². The summed E-state index contributed by atoms with van der Waals surface area (Å²) in [6.07, 6.45) is 0.845. The van der Waals surface area contributed by atoms with E-state index in [1.807, 2.05) is 18.2 Å². The summed E-state index contributed by atoms with van der Waals surface area (Å²) in [6.45, 7) is 6.68. The predicted molar refractivity (Wildman–Crippen MR) is 77.2 cm³/mol.